The van der Waals surface area contributed by atoms with E-state index >= 15 is 0 Å². The summed E-state index contributed by atoms with van der Waals surface area (Å²) in [5.41, 5.74) is 3.13. The van der Waals surface area contributed by atoms with Crippen LogP contribution in [0, 0.1) is 18.3 Å². The molecule has 0 aliphatic rings. The smallest absolute Gasteiger partial charge is 0.228 e. The number of benzene rings is 2. The molecule has 0 atom stereocenters. The van der Waals surface area contributed by atoms with Crippen LogP contribution in [-0.4, -0.2) is 5.91 Å². The summed E-state index contributed by atoms with van der Waals surface area (Å²) in [5.74, 6) is -0.0971. The first-order chi connectivity index (χ1) is 9.58. The molecular formula is C16H13ClN2O. The summed E-state index contributed by atoms with van der Waals surface area (Å²) in [6.07, 6.45) is 0.272. The number of nitriles is 1. The zero-order chi connectivity index (χ0) is 14.5. The molecule has 0 fully saturated rings. The number of carbonyl (C=O) groups is 1. The van der Waals surface area contributed by atoms with E-state index in [4.69, 9.17) is 16.9 Å². The van der Waals surface area contributed by atoms with Gasteiger partial charge in [0.05, 0.1) is 18.1 Å². The standard InChI is InChI=1S/C16H13ClN2O/c1-11-8-14(17)6-7-15(11)19-16(20)9-12-2-4-13(10-18)5-3-12/h2-8H,9H2,1H3,(H,19,20). The summed E-state index contributed by atoms with van der Waals surface area (Å²) in [6.45, 7) is 1.89. The zero-order valence-electron chi connectivity index (χ0n) is 11.0. The fourth-order valence-corrected chi connectivity index (χ4v) is 2.07. The molecule has 20 heavy (non-hydrogen) atoms. The number of hydrogen-bond donors (Lipinski definition) is 1. The Morgan fingerprint density at radius 1 is 1.25 bits per heavy atom. The highest BCUT2D eigenvalue weighted by Crippen LogP contribution is 2.19. The van der Waals surface area contributed by atoms with Crippen molar-refractivity contribution in [2.45, 2.75) is 13.3 Å². The molecule has 100 valence electrons. The minimum atomic E-state index is -0.0971. The van der Waals surface area contributed by atoms with E-state index in [0.29, 0.717) is 10.6 Å². The molecule has 3 nitrogen and oxygen atoms in total. The van der Waals surface area contributed by atoms with Crippen LogP contribution in [0.4, 0.5) is 5.69 Å². The number of nitrogens with zero attached hydrogens (tertiary/aromatic N) is 1. The SMILES string of the molecule is Cc1cc(Cl)ccc1NC(=O)Cc1ccc(C#N)cc1. The van der Waals surface area contributed by atoms with Crippen molar-refractivity contribution in [3.05, 3.63) is 64.2 Å². The lowest BCUT2D eigenvalue weighted by molar-refractivity contribution is -0.115. The lowest BCUT2D eigenvalue weighted by Gasteiger charge is -2.08. The Kier molecular flexibility index (Phi) is 4.39. The van der Waals surface area contributed by atoms with E-state index in [1.165, 1.54) is 0 Å². The van der Waals surface area contributed by atoms with Gasteiger partial charge in [0.15, 0.2) is 0 Å². The van der Waals surface area contributed by atoms with E-state index in [2.05, 4.69) is 5.32 Å². The van der Waals surface area contributed by atoms with Crippen LogP contribution in [0.25, 0.3) is 0 Å². The van der Waals surface area contributed by atoms with Crippen molar-refractivity contribution in [2.24, 2.45) is 0 Å². The number of carbonyl (C=O) groups excluding carboxylic acids is 1. The molecule has 0 spiro atoms. The van der Waals surface area contributed by atoms with Crippen LogP contribution >= 0.6 is 11.6 Å². The monoisotopic (exact) mass is 284 g/mol. The van der Waals surface area contributed by atoms with Crippen LogP contribution in [0.2, 0.25) is 5.02 Å². The van der Waals surface area contributed by atoms with Gasteiger partial charge >= 0.3 is 0 Å². The van der Waals surface area contributed by atoms with Gasteiger partial charge in [0.2, 0.25) is 5.91 Å². The van der Waals surface area contributed by atoms with E-state index in [-0.39, 0.29) is 12.3 Å². The predicted molar refractivity (Wildman–Crippen MR) is 79.7 cm³/mol. The molecule has 2 rings (SSSR count). The molecule has 0 aliphatic carbocycles. The van der Waals surface area contributed by atoms with Gasteiger partial charge in [-0.05, 0) is 48.4 Å². The molecule has 1 N–H and O–H groups in total. The highest BCUT2D eigenvalue weighted by molar-refractivity contribution is 6.30. The van der Waals surface area contributed by atoms with Gasteiger partial charge in [0.1, 0.15) is 0 Å². The number of amides is 1. The summed E-state index contributed by atoms with van der Waals surface area (Å²) in [5, 5.41) is 12.2. The number of halogens is 1. The van der Waals surface area contributed by atoms with Gasteiger partial charge in [-0.25, -0.2) is 0 Å². The van der Waals surface area contributed by atoms with E-state index in [1.54, 1.807) is 42.5 Å². The molecule has 0 heterocycles. The molecule has 0 unspecified atom stereocenters. The quantitative estimate of drug-likeness (QED) is 0.934. The van der Waals surface area contributed by atoms with Crippen molar-refractivity contribution in [1.82, 2.24) is 0 Å². The summed E-state index contributed by atoms with van der Waals surface area (Å²) in [4.78, 5) is 12.0. The molecular weight excluding hydrogens is 272 g/mol. The van der Waals surface area contributed by atoms with Crippen LogP contribution in [0.15, 0.2) is 42.5 Å². The highest BCUT2D eigenvalue weighted by atomic mass is 35.5. The van der Waals surface area contributed by atoms with Gasteiger partial charge in [-0.3, -0.25) is 4.79 Å². The summed E-state index contributed by atoms with van der Waals surface area (Å²) >= 11 is 5.87. The van der Waals surface area contributed by atoms with Crippen LogP contribution in [0.5, 0.6) is 0 Å². The Labute approximate surface area is 122 Å². The first-order valence-electron chi connectivity index (χ1n) is 6.13. The second-order valence-corrected chi connectivity index (χ2v) is 4.93. The van der Waals surface area contributed by atoms with Crippen molar-refractivity contribution in [2.75, 3.05) is 5.32 Å². The third-order valence-electron chi connectivity index (χ3n) is 2.91. The van der Waals surface area contributed by atoms with Gasteiger partial charge in [-0.2, -0.15) is 5.26 Å². The van der Waals surface area contributed by atoms with E-state index in [0.717, 1.165) is 16.8 Å². The lowest BCUT2D eigenvalue weighted by Crippen LogP contribution is -2.15. The number of rotatable bonds is 3. The van der Waals surface area contributed by atoms with Crippen molar-refractivity contribution in [3.8, 4) is 6.07 Å². The van der Waals surface area contributed by atoms with Crippen molar-refractivity contribution in [3.63, 3.8) is 0 Å². The average molecular weight is 285 g/mol. The Morgan fingerprint density at radius 2 is 1.95 bits per heavy atom. The van der Waals surface area contributed by atoms with E-state index in [9.17, 15) is 4.79 Å². The number of anilines is 1. The van der Waals surface area contributed by atoms with Gasteiger partial charge < -0.3 is 5.32 Å². The molecule has 0 radical (unpaired) electrons. The summed E-state index contributed by atoms with van der Waals surface area (Å²) < 4.78 is 0. The molecule has 1 amide bonds. The van der Waals surface area contributed by atoms with Crippen LogP contribution < -0.4 is 5.32 Å². The largest absolute Gasteiger partial charge is 0.326 e. The summed E-state index contributed by atoms with van der Waals surface area (Å²) in [7, 11) is 0. The van der Waals surface area contributed by atoms with Gasteiger partial charge in [0.25, 0.3) is 0 Å². The molecule has 0 aromatic heterocycles. The van der Waals surface area contributed by atoms with Gasteiger partial charge in [-0.1, -0.05) is 23.7 Å². The number of nitrogens with one attached hydrogen (secondary N) is 1. The second kappa shape index (κ2) is 6.23. The normalized spacial score (nSPS) is 9.85. The highest BCUT2D eigenvalue weighted by Gasteiger charge is 2.06. The molecule has 0 saturated carbocycles. The topological polar surface area (TPSA) is 52.9 Å². The fraction of sp³-hybridized carbons (Fsp3) is 0.125. The predicted octanol–water partition coefficient (Wildman–Crippen LogP) is 3.70. The van der Waals surface area contributed by atoms with Gasteiger partial charge in [0, 0.05) is 10.7 Å². The van der Waals surface area contributed by atoms with Crippen LogP contribution in [-0.2, 0) is 11.2 Å². The van der Waals surface area contributed by atoms with E-state index < -0.39 is 0 Å². The Hall–Kier alpha value is -2.31. The van der Waals surface area contributed by atoms with Crippen molar-refractivity contribution in [1.29, 1.82) is 5.26 Å². The molecule has 0 aliphatic heterocycles. The third-order valence-corrected chi connectivity index (χ3v) is 3.15. The molecule has 0 saturated heterocycles. The maximum atomic E-state index is 12.0. The second-order valence-electron chi connectivity index (χ2n) is 4.49. The molecule has 4 heteroatoms. The number of aryl methyl sites for hydroxylation is 1. The average Bonchev–Trinajstić information content (AvgIpc) is 2.43. The molecule has 0 bridgehead atoms. The third kappa shape index (κ3) is 3.59. The minimum absolute atomic E-state index is 0.0971. The Morgan fingerprint density at radius 3 is 2.55 bits per heavy atom. The number of hydrogen-bond acceptors (Lipinski definition) is 2. The lowest BCUT2D eigenvalue weighted by atomic mass is 10.1. The minimum Gasteiger partial charge on any atom is -0.326 e. The first kappa shape index (κ1) is 14.1. The molecule has 2 aromatic rings. The fourth-order valence-electron chi connectivity index (χ4n) is 1.84. The maximum absolute atomic E-state index is 12.0. The molecule has 2 aromatic carbocycles. The Balaban J connectivity index is 2.03. The Bertz CT molecular complexity index is 672. The zero-order valence-corrected chi connectivity index (χ0v) is 11.7. The van der Waals surface area contributed by atoms with Gasteiger partial charge in [-0.15, -0.1) is 0 Å². The first-order valence-corrected chi connectivity index (χ1v) is 6.51. The van der Waals surface area contributed by atoms with Crippen molar-refractivity contribution < 1.29 is 4.79 Å². The van der Waals surface area contributed by atoms with Crippen LogP contribution in [0.3, 0.4) is 0 Å². The van der Waals surface area contributed by atoms with Crippen molar-refractivity contribution >= 4 is 23.2 Å². The van der Waals surface area contributed by atoms with Crippen LogP contribution in [0.1, 0.15) is 16.7 Å². The maximum Gasteiger partial charge on any atom is 0.228 e. The summed E-state index contributed by atoms with van der Waals surface area (Å²) in [6, 6.07) is 14.4. The van der Waals surface area contributed by atoms with E-state index in [1.807, 2.05) is 13.0 Å².